The first kappa shape index (κ1) is 14.0. The van der Waals surface area contributed by atoms with Crippen LogP contribution in [0.25, 0.3) is 0 Å². The maximum atomic E-state index is 10.8. The number of pyridine rings is 1. The van der Waals surface area contributed by atoms with Crippen molar-refractivity contribution >= 4 is 29.9 Å². The Morgan fingerprint density at radius 3 is 2.73 bits per heavy atom. The van der Waals surface area contributed by atoms with Crippen LogP contribution < -0.4 is 10.9 Å². The fourth-order valence-electron chi connectivity index (χ4n) is 0.992. The Morgan fingerprint density at radius 2 is 2.20 bits per heavy atom. The van der Waals surface area contributed by atoms with Gasteiger partial charge in [-0.3, -0.25) is 9.59 Å². The Kier molecular flexibility index (Phi) is 6.83. The van der Waals surface area contributed by atoms with Gasteiger partial charge in [0.2, 0.25) is 11.5 Å². The minimum Gasteiger partial charge on any atom is -0.355 e. The normalized spacial score (nSPS) is 9.13. The van der Waals surface area contributed by atoms with Crippen molar-refractivity contribution in [2.24, 2.45) is 0 Å². The highest BCUT2D eigenvalue weighted by Gasteiger charge is 1.97. The molecule has 0 saturated carbocycles. The van der Waals surface area contributed by atoms with Gasteiger partial charge in [-0.05, 0) is 12.0 Å². The Hall–Kier alpha value is -1.00. The Bertz CT molecular complexity index is 345. The number of amides is 1. The van der Waals surface area contributed by atoms with Gasteiger partial charge < -0.3 is 10.3 Å². The van der Waals surface area contributed by atoms with E-state index in [1.54, 1.807) is 12.3 Å². The van der Waals surface area contributed by atoms with Crippen LogP contribution in [-0.2, 0) is 11.2 Å². The highest BCUT2D eigenvalue weighted by molar-refractivity contribution is 6.27. The fourth-order valence-corrected chi connectivity index (χ4v) is 1.09. The van der Waals surface area contributed by atoms with Crippen LogP contribution >= 0.6 is 24.0 Å². The third kappa shape index (κ3) is 5.44. The first-order valence-electron chi connectivity index (χ1n) is 4.22. The molecule has 0 spiro atoms. The molecule has 0 unspecified atom stereocenters. The minimum absolute atomic E-state index is 0. The van der Waals surface area contributed by atoms with Crippen molar-refractivity contribution in [1.82, 2.24) is 10.3 Å². The molecule has 0 fully saturated rings. The highest BCUT2D eigenvalue weighted by atomic mass is 35.5. The van der Waals surface area contributed by atoms with Crippen LogP contribution in [-0.4, -0.2) is 23.3 Å². The van der Waals surface area contributed by atoms with Gasteiger partial charge in [0.15, 0.2) is 0 Å². The van der Waals surface area contributed by atoms with Crippen molar-refractivity contribution in [3.63, 3.8) is 0 Å². The number of aromatic amines is 1. The lowest BCUT2D eigenvalue weighted by atomic mass is 10.2. The van der Waals surface area contributed by atoms with E-state index in [1.807, 2.05) is 0 Å². The topological polar surface area (TPSA) is 62.0 Å². The summed E-state index contributed by atoms with van der Waals surface area (Å²) in [6.45, 7) is 0.525. The van der Waals surface area contributed by atoms with Gasteiger partial charge >= 0.3 is 0 Å². The van der Waals surface area contributed by atoms with Gasteiger partial charge in [-0.25, -0.2) is 0 Å². The number of rotatable bonds is 4. The summed E-state index contributed by atoms with van der Waals surface area (Å²) in [6.07, 6.45) is 2.31. The zero-order valence-electron chi connectivity index (χ0n) is 7.96. The van der Waals surface area contributed by atoms with E-state index in [-0.39, 0.29) is 29.8 Å². The molecule has 1 aromatic rings. The number of carbonyl (C=O) groups is 1. The summed E-state index contributed by atoms with van der Waals surface area (Å²) in [6, 6.07) is 3.18. The van der Waals surface area contributed by atoms with E-state index in [0.29, 0.717) is 13.0 Å². The standard InChI is InChI=1S/C9H11ClN2O2.ClH/c10-5-9(14)11-4-3-7-1-2-8(13)12-6-7;/h1-2,6H,3-5H2,(H,11,14)(H,12,13);1H. The molecule has 84 valence electrons. The Morgan fingerprint density at radius 1 is 1.47 bits per heavy atom. The number of halogens is 2. The quantitative estimate of drug-likeness (QED) is 0.773. The molecule has 0 atom stereocenters. The Balaban J connectivity index is 0.00000196. The van der Waals surface area contributed by atoms with E-state index in [9.17, 15) is 9.59 Å². The van der Waals surface area contributed by atoms with Crippen LogP contribution in [0.5, 0.6) is 0 Å². The predicted octanol–water partition coefficient (Wildman–Crippen LogP) is 0.694. The lowest BCUT2D eigenvalue weighted by Gasteiger charge is -2.02. The largest absolute Gasteiger partial charge is 0.355 e. The number of nitrogens with one attached hydrogen (secondary N) is 2. The molecule has 2 N–H and O–H groups in total. The fraction of sp³-hybridized carbons (Fsp3) is 0.333. The van der Waals surface area contributed by atoms with E-state index in [1.165, 1.54) is 6.07 Å². The van der Waals surface area contributed by atoms with Gasteiger partial charge in [0.05, 0.1) is 0 Å². The van der Waals surface area contributed by atoms with E-state index in [4.69, 9.17) is 11.6 Å². The molecular weight excluding hydrogens is 239 g/mol. The molecule has 1 rings (SSSR count). The van der Waals surface area contributed by atoms with Gasteiger partial charge in [0, 0.05) is 18.8 Å². The first-order chi connectivity index (χ1) is 6.72. The van der Waals surface area contributed by atoms with Crippen molar-refractivity contribution in [1.29, 1.82) is 0 Å². The number of hydrogen-bond donors (Lipinski definition) is 2. The van der Waals surface area contributed by atoms with E-state index in [2.05, 4.69) is 10.3 Å². The second-order valence-corrected chi connectivity index (χ2v) is 3.06. The summed E-state index contributed by atoms with van der Waals surface area (Å²) in [7, 11) is 0. The summed E-state index contributed by atoms with van der Waals surface area (Å²) >= 11 is 5.29. The van der Waals surface area contributed by atoms with Crippen LogP contribution in [0, 0.1) is 0 Å². The molecule has 0 saturated heterocycles. The number of hydrogen-bond acceptors (Lipinski definition) is 2. The average Bonchev–Trinajstić information content (AvgIpc) is 2.21. The van der Waals surface area contributed by atoms with Crippen molar-refractivity contribution in [2.45, 2.75) is 6.42 Å². The third-order valence-corrected chi connectivity index (χ3v) is 1.95. The van der Waals surface area contributed by atoms with Crippen LogP contribution in [0.2, 0.25) is 0 Å². The second-order valence-electron chi connectivity index (χ2n) is 2.79. The summed E-state index contributed by atoms with van der Waals surface area (Å²) in [5.41, 5.74) is 0.845. The molecule has 0 aromatic carbocycles. The molecule has 4 nitrogen and oxygen atoms in total. The van der Waals surface area contributed by atoms with Crippen LogP contribution in [0.4, 0.5) is 0 Å². The zero-order valence-corrected chi connectivity index (χ0v) is 9.53. The number of alkyl halides is 1. The van der Waals surface area contributed by atoms with E-state index < -0.39 is 0 Å². The highest BCUT2D eigenvalue weighted by Crippen LogP contribution is 1.93. The lowest BCUT2D eigenvalue weighted by molar-refractivity contribution is -0.118. The third-order valence-electron chi connectivity index (χ3n) is 1.71. The summed E-state index contributed by atoms with van der Waals surface area (Å²) in [4.78, 5) is 24.0. The van der Waals surface area contributed by atoms with E-state index in [0.717, 1.165) is 5.56 Å². The van der Waals surface area contributed by atoms with Gasteiger partial charge in [-0.15, -0.1) is 24.0 Å². The van der Waals surface area contributed by atoms with E-state index >= 15 is 0 Å². The van der Waals surface area contributed by atoms with Crippen molar-refractivity contribution < 1.29 is 4.79 Å². The van der Waals surface area contributed by atoms with Crippen LogP contribution in [0.1, 0.15) is 5.56 Å². The van der Waals surface area contributed by atoms with Gasteiger partial charge in [0.1, 0.15) is 5.88 Å². The van der Waals surface area contributed by atoms with Crippen molar-refractivity contribution in [3.05, 3.63) is 34.2 Å². The molecule has 0 bridgehead atoms. The molecule has 1 aromatic heterocycles. The maximum Gasteiger partial charge on any atom is 0.247 e. The summed E-state index contributed by atoms with van der Waals surface area (Å²) < 4.78 is 0. The van der Waals surface area contributed by atoms with Crippen LogP contribution in [0.3, 0.4) is 0 Å². The monoisotopic (exact) mass is 250 g/mol. The average molecular weight is 251 g/mol. The predicted molar refractivity (Wildman–Crippen MR) is 61.7 cm³/mol. The molecule has 15 heavy (non-hydrogen) atoms. The van der Waals surface area contributed by atoms with Gasteiger partial charge in [-0.2, -0.15) is 0 Å². The zero-order chi connectivity index (χ0) is 10.4. The van der Waals surface area contributed by atoms with Crippen molar-refractivity contribution in [2.75, 3.05) is 12.4 Å². The van der Waals surface area contributed by atoms with Gasteiger partial charge in [0.25, 0.3) is 0 Å². The molecule has 1 heterocycles. The first-order valence-corrected chi connectivity index (χ1v) is 4.76. The smallest absolute Gasteiger partial charge is 0.247 e. The lowest BCUT2D eigenvalue weighted by Crippen LogP contribution is -2.26. The Labute approximate surface area is 98.4 Å². The molecule has 0 radical (unpaired) electrons. The number of carbonyl (C=O) groups excluding carboxylic acids is 1. The molecular formula is C9H12Cl2N2O2. The number of aromatic nitrogens is 1. The SMILES string of the molecule is Cl.O=C(CCl)NCCc1ccc(=O)[nH]c1. The molecule has 0 aliphatic carbocycles. The van der Waals surface area contributed by atoms with Crippen molar-refractivity contribution in [3.8, 4) is 0 Å². The summed E-state index contributed by atoms with van der Waals surface area (Å²) in [5.74, 6) is -0.206. The van der Waals surface area contributed by atoms with Gasteiger partial charge in [-0.1, -0.05) is 6.07 Å². The van der Waals surface area contributed by atoms with Crippen LogP contribution in [0.15, 0.2) is 23.1 Å². The minimum atomic E-state index is -0.184. The molecule has 6 heteroatoms. The molecule has 0 aliphatic rings. The molecule has 0 aliphatic heterocycles. The second kappa shape index (κ2) is 7.31. The molecule has 1 amide bonds. The number of H-pyrrole nitrogens is 1. The maximum absolute atomic E-state index is 10.8. The summed E-state index contributed by atoms with van der Waals surface area (Å²) in [5, 5.41) is 2.63.